The third-order valence-corrected chi connectivity index (χ3v) is 4.88. The molecule has 0 aliphatic rings. The monoisotopic (exact) mass is 367 g/mol. The van der Waals surface area contributed by atoms with Crippen molar-refractivity contribution >= 4 is 50.3 Å². The first-order valence-electron chi connectivity index (χ1n) is 7.42. The molecule has 5 rings (SSSR count). The highest BCUT2D eigenvalue weighted by Gasteiger charge is 2.10. The number of nitrogens with one attached hydrogen (secondary N) is 1. The average Bonchev–Trinajstić information content (AvgIpc) is 3.34. The fourth-order valence-corrected chi connectivity index (χ4v) is 3.74. The van der Waals surface area contributed by atoms with Crippen molar-refractivity contribution in [2.45, 2.75) is 0 Å². The van der Waals surface area contributed by atoms with Crippen LogP contribution in [0.1, 0.15) is 0 Å². The minimum Gasteiger partial charge on any atom is -0.322 e. The van der Waals surface area contributed by atoms with Gasteiger partial charge in [0.1, 0.15) is 17.7 Å². The summed E-state index contributed by atoms with van der Waals surface area (Å²) in [6.07, 6.45) is 7.28. The van der Waals surface area contributed by atoms with E-state index in [0.29, 0.717) is 11.6 Å². The van der Waals surface area contributed by atoms with Gasteiger partial charge in [-0.05, 0) is 41.2 Å². The van der Waals surface area contributed by atoms with E-state index in [-0.39, 0.29) is 5.28 Å². The van der Waals surface area contributed by atoms with Gasteiger partial charge in [0.2, 0.25) is 5.28 Å². The Bertz CT molecular complexity index is 1210. The van der Waals surface area contributed by atoms with Crippen molar-refractivity contribution in [3.05, 3.63) is 59.8 Å². The van der Waals surface area contributed by atoms with Crippen LogP contribution < -0.4 is 5.32 Å². The molecule has 0 amide bonds. The van der Waals surface area contributed by atoms with Crippen LogP contribution >= 0.6 is 22.9 Å². The van der Waals surface area contributed by atoms with Crippen molar-refractivity contribution in [3.8, 4) is 5.69 Å². The smallest absolute Gasteiger partial charge is 0.243 e. The van der Waals surface area contributed by atoms with Crippen LogP contribution in [0.25, 0.3) is 21.4 Å². The molecule has 0 bridgehead atoms. The van der Waals surface area contributed by atoms with Gasteiger partial charge in [0.25, 0.3) is 0 Å². The lowest BCUT2D eigenvalue weighted by atomic mass is 10.3. The zero-order chi connectivity index (χ0) is 16.8. The SMILES string of the molecule is Clc1nc(Nc2cn(-c3ccnc4ccsc34)cn2)c2cccn2n1. The Labute approximate surface area is 150 Å². The molecule has 0 spiro atoms. The number of pyridine rings is 1. The summed E-state index contributed by atoms with van der Waals surface area (Å²) in [5.74, 6) is 1.27. The highest BCUT2D eigenvalue weighted by Crippen LogP contribution is 2.27. The fourth-order valence-electron chi connectivity index (χ4n) is 2.70. The van der Waals surface area contributed by atoms with Gasteiger partial charge in [-0.15, -0.1) is 16.4 Å². The Kier molecular flexibility index (Phi) is 3.19. The minimum atomic E-state index is 0.167. The molecule has 7 nitrogen and oxygen atoms in total. The van der Waals surface area contributed by atoms with Crippen molar-refractivity contribution in [1.29, 1.82) is 0 Å². The van der Waals surface area contributed by atoms with E-state index in [4.69, 9.17) is 11.6 Å². The van der Waals surface area contributed by atoms with Crippen LogP contribution in [0.5, 0.6) is 0 Å². The number of rotatable bonds is 3. The Morgan fingerprint density at radius 2 is 2.12 bits per heavy atom. The summed E-state index contributed by atoms with van der Waals surface area (Å²) in [4.78, 5) is 13.0. The number of imidazole rings is 1. The Morgan fingerprint density at radius 1 is 1.16 bits per heavy atom. The largest absolute Gasteiger partial charge is 0.322 e. The van der Waals surface area contributed by atoms with Gasteiger partial charge in [0, 0.05) is 12.4 Å². The van der Waals surface area contributed by atoms with E-state index in [0.717, 1.165) is 21.4 Å². The maximum atomic E-state index is 5.99. The number of fused-ring (bicyclic) bond motifs is 2. The van der Waals surface area contributed by atoms with Crippen LogP contribution in [0.4, 0.5) is 11.6 Å². The zero-order valence-electron chi connectivity index (χ0n) is 12.7. The molecule has 9 heteroatoms. The van der Waals surface area contributed by atoms with Crippen LogP contribution in [0, 0.1) is 0 Å². The lowest BCUT2D eigenvalue weighted by molar-refractivity contribution is 0.907. The van der Waals surface area contributed by atoms with Gasteiger partial charge >= 0.3 is 0 Å². The van der Waals surface area contributed by atoms with Crippen molar-refractivity contribution in [2.24, 2.45) is 0 Å². The summed E-state index contributed by atoms with van der Waals surface area (Å²) >= 11 is 7.64. The molecule has 25 heavy (non-hydrogen) atoms. The maximum absolute atomic E-state index is 5.99. The summed E-state index contributed by atoms with van der Waals surface area (Å²) in [5, 5.41) is 9.52. The third-order valence-electron chi connectivity index (χ3n) is 3.80. The number of halogens is 1. The molecule has 0 unspecified atom stereocenters. The van der Waals surface area contributed by atoms with Gasteiger partial charge in [-0.1, -0.05) is 0 Å². The second kappa shape index (κ2) is 5.54. The van der Waals surface area contributed by atoms with Crippen LogP contribution in [-0.2, 0) is 0 Å². The Balaban J connectivity index is 1.54. The van der Waals surface area contributed by atoms with E-state index in [1.54, 1.807) is 28.4 Å². The number of anilines is 2. The second-order valence-corrected chi connectivity index (χ2v) is 6.58. The molecule has 0 saturated heterocycles. The first kappa shape index (κ1) is 14.4. The molecule has 5 aromatic rings. The molecule has 5 heterocycles. The standard InChI is InChI=1S/C16H10ClN7S/c17-16-21-15(12-2-1-6-24(12)22-16)20-13-8-23(9-19-13)11-3-5-18-10-4-7-25-14(10)11/h1-9H,(H,20,21,22). The average molecular weight is 368 g/mol. The molecule has 1 N–H and O–H groups in total. The lowest BCUT2D eigenvalue weighted by Gasteiger charge is -2.05. The van der Waals surface area contributed by atoms with E-state index < -0.39 is 0 Å². The van der Waals surface area contributed by atoms with Gasteiger partial charge in [-0.2, -0.15) is 4.98 Å². The van der Waals surface area contributed by atoms with E-state index in [1.807, 2.05) is 46.6 Å². The van der Waals surface area contributed by atoms with E-state index >= 15 is 0 Å². The predicted molar refractivity (Wildman–Crippen MR) is 98.0 cm³/mol. The third kappa shape index (κ3) is 2.43. The number of thiophene rings is 1. The van der Waals surface area contributed by atoms with E-state index in [9.17, 15) is 0 Å². The normalized spacial score (nSPS) is 11.4. The first-order chi connectivity index (χ1) is 12.3. The molecule has 0 atom stereocenters. The molecule has 0 aromatic carbocycles. The van der Waals surface area contributed by atoms with E-state index in [2.05, 4.69) is 25.4 Å². The number of aromatic nitrogens is 6. The zero-order valence-corrected chi connectivity index (χ0v) is 14.2. The van der Waals surface area contributed by atoms with Crippen molar-refractivity contribution in [2.75, 3.05) is 5.32 Å². The van der Waals surface area contributed by atoms with E-state index in [1.165, 1.54) is 0 Å². The maximum Gasteiger partial charge on any atom is 0.243 e. The van der Waals surface area contributed by atoms with Gasteiger partial charge in [-0.25, -0.2) is 9.50 Å². The lowest BCUT2D eigenvalue weighted by Crippen LogP contribution is -2.01. The highest BCUT2D eigenvalue weighted by molar-refractivity contribution is 7.17. The number of hydrogen-bond acceptors (Lipinski definition) is 6. The first-order valence-corrected chi connectivity index (χ1v) is 8.68. The highest BCUT2D eigenvalue weighted by atomic mass is 35.5. The summed E-state index contributed by atoms with van der Waals surface area (Å²) < 4.78 is 4.75. The van der Waals surface area contributed by atoms with Crippen molar-refractivity contribution < 1.29 is 0 Å². The van der Waals surface area contributed by atoms with Gasteiger partial charge in [-0.3, -0.25) is 4.98 Å². The summed E-state index contributed by atoms with van der Waals surface area (Å²) in [6, 6.07) is 7.77. The topological polar surface area (TPSA) is 72.9 Å². The van der Waals surface area contributed by atoms with Crippen LogP contribution in [-0.4, -0.2) is 29.1 Å². The molecule has 0 radical (unpaired) electrons. The summed E-state index contributed by atoms with van der Waals surface area (Å²) in [5.41, 5.74) is 2.83. The van der Waals surface area contributed by atoms with Crippen molar-refractivity contribution in [1.82, 2.24) is 29.1 Å². The van der Waals surface area contributed by atoms with Crippen LogP contribution in [0.15, 0.2) is 54.6 Å². The molecule has 122 valence electrons. The quantitative estimate of drug-likeness (QED) is 0.523. The van der Waals surface area contributed by atoms with Crippen molar-refractivity contribution in [3.63, 3.8) is 0 Å². The van der Waals surface area contributed by atoms with Crippen LogP contribution in [0.3, 0.4) is 0 Å². The molecule has 0 fully saturated rings. The predicted octanol–water partition coefficient (Wildman–Crippen LogP) is 3.92. The fraction of sp³-hybridized carbons (Fsp3) is 0. The summed E-state index contributed by atoms with van der Waals surface area (Å²) in [6.45, 7) is 0. The Hall–Kier alpha value is -2.97. The van der Waals surface area contributed by atoms with Gasteiger partial charge in [0.15, 0.2) is 5.82 Å². The minimum absolute atomic E-state index is 0.167. The molecular formula is C16H10ClN7S. The number of nitrogens with zero attached hydrogens (tertiary/aromatic N) is 6. The molecule has 0 aliphatic carbocycles. The van der Waals surface area contributed by atoms with Crippen LogP contribution in [0.2, 0.25) is 5.28 Å². The molecule has 0 saturated carbocycles. The van der Waals surface area contributed by atoms with Gasteiger partial charge in [0.05, 0.1) is 22.1 Å². The van der Waals surface area contributed by atoms with Gasteiger partial charge < -0.3 is 9.88 Å². The summed E-state index contributed by atoms with van der Waals surface area (Å²) in [7, 11) is 0. The number of hydrogen-bond donors (Lipinski definition) is 1. The second-order valence-electron chi connectivity index (χ2n) is 5.32. The molecule has 0 aliphatic heterocycles. The Morgan fingerprint density at radius 3 is 3.08 bits per heavy atom. The molecular weight excluding hydrogens is 358 g/mol. The molecule has 5 aromatic heterocycles.